The number of nitrogens with one attached hydrogen (secondary N) is 2. The number of amides is 3. The van der Waals surface area contributed by atoms with E-state index < -0.39 is 6.04 Å². The molecule has 0 aliphatic carbocycles. The van der Waals surface area contributed by atoms with Crippen molar-refractivity contribution in [3.8, 4) is 5.75 Å². The van der Waals surface area contributed by atoms with E-state index in [1.54, 1.807) is 43.3 Å². The van der Waals surface area contributed by atoms with E-state index in [9.17, 15) is 9.59 Å². The van der Waals surface area contributed by atoms with Crippen LogP contribution in [0.5, 0.6) is 5.75 Å². The molecule has 19 heavy (non-hydrogen) atoms. The summed E-state index contributed by atoms with van der Waals surface area (Å²) >= 11 is 0. The number of methoxy groups -OCH3 is 1. The van der Waals surface area contributed by atoms with Gasteiger partial charge in [0.15, 0.2) is 0 Å². The van der Waals surface area contributed by atoms with Gasteiger partial charge in [-0.25, -0.2) is 4.79 Å². The molecule has 0 aromatic heterocycles. The van der Waals surface area contributed by atoms with Gasteiger partial charge in [-0.15, -0.1) is 0 Å². The van der Waals surface area contributed by atoms with Crippen LogP contribution < -0.4 is 15.4 Å². The van der Waals surface area contributed by atoms with Gasteiger partial charge >= 0.3 is 6.03 Å². The summed E-state index contributed by atoms with van der Waals surface area (Å²) in [5, 5.41) is 5.34. The molecule has 6 heteroatoms. The second kappa shape index (κ2) is 5.60. The van der Waals surface area contributed by atoms with E-state index in [-0.39, 0.29) is 11.9 Å². The van der Waals surface area contributed by atoms with Gasteiger partial charge in [-0.3, -0.25) is 4.79 Å². The zero-order chi connectivity index (χ0) is 13.8. The van der Waals surface area contributed by atoms with Crippen LogP contribution in [0.25, 0.3) is 0 Å². The summed E-state index contributed by atoms with van der Waals surface area (Å²) in [6, 6.07) is 6.21. The number of ether oxygens (including phenoxy) is 1. The summed E-state index contributed by atoms with van der Waals surface area (Å²) in [5.74, 6) is 0.607. The van der Waals surface area contributed by atoms with Crippen molar-refractivity contribution >= 4 is 17.6 Å². The molecule has 1 atom stereocenters. The molecule has 0 unspecified atom stereocenters. The number of nitrogens with zero attached hydrogens (tertiary/aromatic N) is 1. The number of likely N-dealkylation sites (tertiary alicyclic amines) is 1. The smallest absolute Gasteiger partial charge is 0.319 e. The number of likely N-dealkylation sites (N-methyl/N-ethyl adjacent to an activating group) is 1. The minimum Gasteiger partial charge on any atom is -0.497 e. The number of anilines is 1. The summed E-state index contributed by atoms with van der Waals surface area (Å²) in [5.41, 5.74) is 0.621. The van der Waals surface area contributed by atoms with Gasteiger partial charge in [-0.1, -0.05) is 6.07 Å². The molecule has 0 radical (unpaired) electrons. The minimum atomic E-state index is -0.435. The molecule has 1 aliphatic rings. The molecule has 6 nitrogen and oxygen atoms in total. The van der Waals surface area contributed by atoms with Crippen LogP contribution in [0, 0.1) is 0 Å². The fraction of sp³-hybridized carbons (Fsp3) is 0.385. The third-order valence-electron chi connectivity index (χ3n) is 3.06. The zero-order valence-electron chi connectivity index (χ0n) is 11.0. The van der Waals surface area contributed by atoms with Gasteiger partial charge in [-0.05, 0) is 18.6 Å². The lowest BCUT2D eigenvalue weighted by atomic mass is 10.2. The van der Waals surface area contributed by atoms with Gasteiger partial charge in [0.25, 0.3) is 0 Å². The van der Waals surface area contributed by atoms with Crippen molar-refractivity contribution in [2.45, 2.75) is 12.5 Å². The van der Waals surface area contributed by atoms with Crippen LogP contribution >= 0.6 is 0 Å². The molecule has 0 bridgehead atoms. The van der Waals surface area contributed by atoms with Gasteiger partial charge in [0.1, 0.15) is 11.8 Å². The summed E-state index contributed by atoms with van der Waals surface area (Å²) in [7, 11) is 3.29. The maximum atomic E-state index is 11.8. The fourth-order valence-electron chi connectivity index (χ4n) is 1.98. The molecule has 2 N–H and O–H groups in total. The lowest BCUT2D eigenvalue weighted by Gasteiger charge is -2.13. The number of hydrogen-bond acceptors (Lipinski definition) is 3. The zero-order valence-corrected chi connectivity index (χ0v) is 11.0. The fourth-order valence-corrected chi connectivity index (χ4v) is 1.98. The first-order chi connectivity index (χ1) is 9.10. The van der Waals surface area contributed by atoms with Gasteiger partial charge in [-0.2, -0.15) is 0 Å². The molecule has 0 saturated carbocycles. The highest BCUT2D eigenvalue weighted by Crippen LogP contribution is 2.16. The SMILES string of the molecule is COc1cccc(NC(=O)N[C@@H]2CCN(C)C2=O)c1. The van der Waals surface area contributed by atoms with Crippen LogP contribution in [0.1, 0.15) is 6.42 Å². The van der Waals surface area contributed by atoms with Gasteiger partial charge in [0.05, 0.1) is 7.11 Å². The Kier molecular flexibility index (Phi) is 3.89. The predicted octanol–water partition coefficient (Wildman–Crippen LogP) is 1.05. The Morgan fingerprint density at radius 3 is 2.89 bits per heavy atom. The largest absolute Gasteiger partial charge is 0.497 e. The highest BCUT2D eigenvalue weighted by Gasteiger charge is 2.30. The Morgan fingerprint density at radius 1 is 1.47 bits per heavy atom. The van der Waals surface area contributed by atoms with Crippen molar-refractivity contribution in [3.05, 3.63) is 24.3 Å². The van der Waals surface area contributed by atoms with Crippen LogP contribution in [0.2, 0.25) is 0 Å². The predicted molar refractivity (Wildman–Crippen MR) is 71.2 cm³/mol. The Morgan fingerprint density at radius 2 is 2.26 bits per heavy atom. The lowest BCUT2D eigenvalue weighted by molar-refractivity contribution is -0.128. The maximum absolute atomic E-state index is 11.8. The average molecular weight is 263 g/mol. The molecule has 1 fully saturated rings. The van der Waals surface area contributed by atoms with E-state index in [1.165, 1.54) is 0 Å². The highest BCUT2D eigenvalue weighted by molar-refractivity contribution is 5.94. The first-order valence-corrected chi connectivity index (χ1v) is 6.06. The van der Waals surface area contributed by atoms with Crippen molar-refractivity contribution in [1.29, 1.82) is 0 Å². The molecule has 1 aliphatic heterocycles. The van der Waals surface area contributed by atoms with Crippen molar-refractivity contribution in [2.24, 2.45) is 0 Å². The van der Waals surface area contributed by atoms with E-state index in [4.69, 9.17) is 4.74 Å². The Balaban J connectivity index is 1.92. The lowest BCUT2D eigenvalue weighted by Crippen LogP contribution is -2.42. The molecule has 1 aromatic rings. The van der Waals surface area contributed by atoms with Crippen LogP contribution in [0.4, 0.5) is 10.5 Å². The summed E-state index contributed by atoms with van der Waals surface area (Å²) in [6.07, 6.45) is 0.640. The minimum absolute atomic E-state index is 0.0548. The molecule has 1 heterocycles. The number of rotatable bonds is 3. The van der Waals surface area contributed by atoms with Crippen molar-refractivity contribution < 1.29 is 14.3 Å². The maximum Gasteiger partial charge on any atom is 0.319 e. The molecule has 1 saturated heterocycles. The molecule has 3 amide bonds. The quantitative estimate of drug-likeness (QED) is 0.856. The van der Waals surface area contributed by atoms with Crippen LogP contribution in [-0.2, 0) is 4.79 Å². The molecule has 0 spiro atoms. The number of carbonyl (C=O) groups is 2. The van der Waals surface area contributed by atoms with E-state index in [0.717, 1.165) is 0 Å². The van der Waals surface area contributed by atoms with Crippen LogP contribution in [0.3, 0.4) is 0 Å². The van der Waals surface area contributed by atoms with E-state index in [2.05, 4.69) is 10.6 Å². The van der Waals surface area contributed by atoms with Gasteiger partial charge < -0.3 is 20.3 Å². The number of carbonyl (C=O) groups excluding carboxylic acids is 2. The molecular weight excluding hydrogens is 246 g/mol. The first kappa shape index (κ1) is 13.2. The Labute approximate surface area is 111 Å². The second-order valence-electron chi connectivity index (χ2n) is 4.43. The highest BCUT2D eigenvalue weighted by atomic mass is 16.5. The molecular formula is C13H17N3O3. The first-order valence-electron chi connectivity index (χ1n) is 6.06. The van der Waals surface area contributed by atoms with Gasteiger partial charge in [0, 0.05) is 25.3 Å². The van der Waals surface area contributed by atoms with E-state index >= 15 is 0 Å². The van der Waals surface area contributed by atoms with E-state index in [0.29, 0.717) is 24.4 Å². The summed E-state index contributed by atoms with van der Waals surface area (Å²) in [6.45, 7) is 0.670. The molecule has 102 valence electrons. The topological polar surface area (TPSA) is 70.7 Å². The Hall–Kier alpha value is -2.24. The number of urea groups is 1. The second-order valence-corrected chi connectivity index (χ2v) is 4.43. The molecule has 2 rings (SSSR count). The van der Waals surface area contributed by atoms with Crippen molar-refractivity contribution in [2.75, 3.05) is 26.0 Å². The standard InChI is InChI=1S/C13H17N3O3/c1-16-7-6-11(12(16)17)15-13(18)14-9-4-3-5-10(8-9)19-2/h3-5,8,11H,6-7H2,1-2H3,(H2,14,15,18)/t11-/m1/s1. The van der Waals surface area contributed by atoms with Gasteiger partial charge in [0.2, 0.25) is 5.91 Å². The Bertz CT molecular complexity index is 490. The monoisotopic (exact) mass is 263 g/mol. The van der Waals surface area contributed by atoms with Crippen LogP contribution in [0.15, 0.2) is 24.3 Å². The average Bonchev–Trinajstić information content (AvgIpc) is 2.71. The molecule has 1 aromatic carbocycles. The number of hydrogen-bond donors (Lipinski definition) is 2. The van der Waals surface area contributed by atoms with E-state index in [1.807, 2.05) is 0 Å². The third-order valence-corrected chi connectivity index (χ3v) is 3.06. The van der Waals surface area contributed by atoms with Crippen molar-refractivity contribution in [3.63, 3.8) is 0 Å². The van der Waals surface area contributed by atoms with Crippen LogP contribution in [-0.4, -0.2) is 43.6 Å². The van der Waals surface area contributed by atoms with Crippen molar-refractivity contribution in [1.82, 2.24) is 10.2 Å². The third kappa shape index (κ3) is 3.15. The normalized spacial score (nSPS) is 18.3. The summed E-state index contributed by atoms with van der Waals surface area (Å²) in [4.78, 5) is 25.1. The summed E-state index contributed by atoms with van der Waals surface area (Å²) < 4.78 is 5.07. The number of benzene rings is 1.